The molecule has 0 aliphatic rings. The van der Waals surface area contributed by atoms with Gasteiger partial charge >= 0.3 is 6.61 Å². The van der Waals surface area contributed by atoms with E-state index in [2.05, 4.69) is 31.0 Å². The number of rotatable bonds is 6. The molecule has 1 N–H and O–H groups in total. The summed E-state index contributed by atoms with van der Waals surface area (Å²) >= 11 is 9.36. The van der Waals surface area contributed by atoms with Crippen molar-refractivity contribution in [2.24, 2.45) is 0 Å². The van der Waals surface area contributed by atoms with Crippen LogP contribution in [0.2, 0.25) is 5.02 Å². The molecule has 144 valence electrons. The van der Waals surface area contributed by atoms with Gasteiger partial charge in [0.25, 0.3) is 5.91 Å². The lowest BCUT2D eigenvalue weighted by Crippen LogP contribution is -2.23. The van der Waals surface area contributed by atoms with Crippen LogP contribution in [0.4, 0.5) is 8.78 Å². The Labute approximate surface area is 173 Å². The van der Waals surface area contributed by atoms with Gasteiger partial charge in [0.1, 0.15) is 5.75 Å². The number of pyridine rings is 1. The summed E-state index contributed by atoms with van der Waals surface area (Å²) in [5.41, 5.74) is 2.17. The van der Waals surface area contributed by atoms with Gasteiger partial charge in [0.15, 0.2) is 0 Å². The van der Waals surface area contributed by atoms with Crippen LogP contribution in [0.3, 0.4) is 0 Å². The molecule has 0 bridgehead atoms. The summed E-state index contributed by atoms with van der Waals surface area (Å²) in [5, 5.41) is 3.24. The molecule has 0 saturated carbocycles. The van der Waals surface area contributed by atoms with Crippen LogP contribution in [0.1, 0.15) is 15.9 Å². The number of hydrogen-bond acceptors (Lipinski definition) is 3. The van der Waals surface area contributed by atoms with Gasteiger partial charge in [-0.25, -0.2) is 0 Å². The number of carbonyl (C=O) groups is 1. The van der Waals surface area contributed by atoms with Gasteiger partial charge in [-0.3, -0.25) is 9.78 Å². The van der Waals surface area contributed by atoms with Gasteiger partial charge in [0, 0.05) is 33.4 Å². The Morgan fingerprint density at radius 1 is 1.18 bits per heavy atom. The second-order valence-electron chi connectivity index (χ2n) is 5.73. The zero-order chi connectivity index (χ0) is 20.1. The zero-order valence-corrected chi connectivity index (χ0v) is 16.7. The topological polar surface area (TPSA) is 51.2 Å². The molecule has 0 saturated heterocycles. The van der Waals surface area contributed by atoms with Gasteiger partial charge in [-0.1, -0.05) is 51.8 Å². The molecule has 3 aromatic rings. The molecule has 1 aromatic heterocycles. The first kappa shape index (κ1) is 20.2. The first-order chi connectivity index (χ1) is 13.4. The highest BCUT2D eigenvalue weighted by Gasteiger charge is 2.13. The van der Waals surface area contributed by atoms with Crippen LogP contribution in [-0.2, 0) is 6.54 Å². The Morgan fingerprint density at radius 3 is 2.64 bits per heavy atom. The Kier molecular flexibility index (Phi) is 6.59. The maximum atomic E-state index is 12.6. The highest BCUT2D eigenvalue weighted by Crippen LogP contribution is 2.27. The molecular formula is C20H14BrClF2N2O2. The minimum absolute atomic E-state index is 0.00290. The molecular weight excluding hydrogens is 454 g/mol. The first-order valence-corrected chi connectivity index (χ1v) is 9.33. The lowest BCUT2D eigenvalue weighted by molar-refractivity contribution is -0.0505. The van der Waals surface area contributed by atoms with Crippen molar-refractivity contribution >= 4 is 33.4 Å². The van der Waals surface area contributed by atoms with Gasteiger partial charge in [-0.05, 0) is 30.3 Å². The second kappa shape index (κ2) is 9.12. The second-order valence-corrected chi connectivity index (χ2v) is 7.05. The van der Waals surface area contributed by atoms with E-state index in [1.54, 1.807) is 30.3 Å². The van der Waals surface area contributed by atoms with Crippen molar-refractivity contribution in [2.45, 2.75) is 13.2 Å². The Bertz CT molecular complexity index is 984. The van der Waals surface area contributed by atoms with Crippen LogP contribution in [0.5, 0.6) is 5.75 Å². The molecule has 1 amide bonds. The van der Waals surface area contributed by atoms with Gasteiger partial charge in [0.05, 0.1) is 11.3 Å². The van der Waals surface area contributed by atoms with E-state index in [4.69, 9.17) is 11.6 Å². The molecule has 0 spiro atoms. The minimum Gasteiger partial charge on any atom is -0.434 e. The SMILES string of the molecule is O=C(NCc1ccc(Br)cc1OC(F)F)c1ccc(-c2ccccc2Cl)nc1. The average Bonchev–Trinajstić information content (AvgIpc) is 2.67. The normalized spacial score (nSPS) is 10.8. The van der Waals surface area contributed by atoms with Crippen LogP contribution >= 0.6 is 27.5 Å². The Balaban J connectivity index is 1.70. The predicted octanol–water partition coefficient (Wildman–Crippen LogP) is 5.70. The number of hydrogen-bond donors (Lipinski definition) is 1. The molecule has 3 rings (SSSR count). The third-order valence-electron chi connectivity index (χ3n) is 3.86. The molecule has 0 fully saturated rings. The van der Waals surface area contributed by atoms with Crippen molar-refractivity contribution in [3.8, 4) is 17.0 Å². The van der Waals surface area contributed by atoms with E-state index >= 15 is 0 Å². The maximum Gasteiger partial charge on any atom is 0.387 e. The highest BCUT2D eigenvalue weighted by molar-refractivity contribution is 9.10. The number of halogens is 4. The van der Waals surface area contributed by atoms with Crippen LogP contribution in [0.15, 0.2) is 65.3 Å². The molecule has 0 aliphatic heterocycles. The fourth-order valence-corrected chi connectivity index (χ4v) is 3.09. The summed E-state index contributed by atoms with van der Waals surface area (Å²) in [4.78, 5) is 16.6. The third kappa shape index (κ3) is 5.05. The summed E-state index contributed by atoms with van der Waals surface area (Å²) in [7, 11) is 0. The average molecular weight is 468 g/mol. The van der Waals surface area contributed by atoms with E-state index in [0.717, 1.165) is 5.56 Å². The summed E-state index contributed by atoms with van der Waals surface area (Å²) < 4.78 is 30.2. The Hall–Kier alpha value is -2.51. The van der Waals surface area contributed by atoms with Crippen molar-refractivity contribution in [1.82, 2.24) is 10.3 Å². The van der Waals surface area contributed by atoms with E-state index in [-0.39, 0.29) is 18.2 Å². The molecule has 28 heavy (non-hydrogen) atoms. The first-order valence-electron chi connectivity index (χ1n) is 8.16. The number of ether oxygens (including phenoxy) is 1. The van der Waals surface area contributed by atoms with Crippen LogP contribution in [-0.4, -0.2) is 17.5 Å². The smallest absolute Gasteiger partial charge is 0.387 e. The molecule has 8 heteroatoms. The molecule has 4 nitrogen and oxygen atoms in total. The van der Waals surface area contributed by atoms with Gasteiger partial charge in [0.2, 0.25) is 0 Å². The van der Waals surface area contributed by atoms with Gasteiger partial charge in [-0.15, -0.1) is 0 Å². The zero-order valence-electron chi connectivity index (χ0n) is 14.3. The largest absolute Gasteiger partial charge is 0.434 e. The maximum absolute atomic E-state index is 12.6. The number of carbonyl (C=O) groups excluding carboxylic acids is 1. The molecule has 1 heterocycles. The highest BCUT2D eigenvalue weighted by atomic mass is 79.9. The molecule has 0 atom stereocenters. The number of aromatic nitrogens is 1. The van der Waals surface area contributed by atoms with Crippen molar-refractivity contribution in [3.05, 3.63) is 81.4 Å². The van der Waals surface area contributed by atoms with Gasteiger partial charge < -0.3 is 10.1 Å². The molecule has 0 radical (unpaired) electrons. The number of benzene rings is 2. The summed E-state index contributed by atoms with van der Waals surface area (Å²) in [6, 6.07) is 15.3. The van der Waals surface area contributed by atoms with Crippen LogP contribution in [0.25, 0.3) is 11.3 Å². The molecule has 0 unspecified atom stereocenters. The minimum atomic E-state index is -2.95. The lowest BCUT2D eigenvalue weighted by atomic mass is 10.1. The Morgan fingerprint density at radius 2 is 1.96 bits per heavy atom. The summed E-state index contributed by atoms with van der Waals surface area (Å²) in [6.07, 6.45) is 1.44. The molecule has 2 aromatic carbocycles. The van der Waals surface area contributed by atoms with Crippen LogP contribution in [0, 0.1) is 0 Å². The fraction of sp³-hybridized carbons (Fsp3) is 0.100. The van der Waals surface area contributed by atoms with E-state index in [1.807, 2.05) is 18.2 Å². The van der Waals surface area contributed by atoms with Crippen molar-refractivity contribution in [3.63, 3.8) is 0 Å². The standard InChI is InChI=1S/C20H14BrClF2N2O2/c21-14-7-5-12(18(9-14)28-20(23)24)10-26-19(27)13-6-8-17(25-11-13)15-3-1-2-4-16(15)22/h1-9,11,20H,10H2,(H,26,27). The van der Waals surface area contributed by atoms with E-state index in [1.165, 1.54) is 12.3 Å². The lowest BCUT2D eigenvalue weighted by Gasteiger charge is -2.12. The van der Waals surface area contributed by atoms with Gasteiger partial charge in [-0.2, -0.15) is 8.78 Å². The fourth-order valence-electron chi connectivity index (χ4n) is 2.51. The quantitative estimate of drug-likeness (QED) is 0.506. The summed E-state index contributed by atoms with van der Waals surface area (Å²) in [6.45, 7) is -2.93. The van der Waals surface area contributed by atoms with E-state index in [9.17, 15) is 13.6 Å². The predicted molar refractivity (Wildman–Crippen MR) is 107 cm³/mol. The number of nitrogens with one attached hydrogen (secondary N) is 1. The summed E-state index contributed by atoms with van der Waals surface area (Å²) in [5.74, 6) is -0.388. The van der Waals surface area contributed by atoms with Crippen molar-refractivity contribution in [1.29, 1.82) is 0 Å². The third-order valence-corrected chi connectivity index (χ3v) is 4.68. The van der Waals surface area contributed by atoms with E-state index in [0.29, 0.717) is 26.3 Å². The van der Waals surface area contributed by atoms with Crippen molar-refractivity contribution in [2.75, 3.05) is 0 Å². The molecule has 0 aliphatic carbocycles. The van der Waals surface area contributed by atoms with E-state index < -0.39 is 6.61 Å². The van der Waals surface area contributed by atoms with Crippen molar-refractivity contribution < 1.29 is 18.3 Å². The number of nitrogens with zero attached hydrogens (tertiary/aromatic N) is 1. The number of amides is 1. The van der Waals surface area contributed by atoms with Crippen LogP contribution < -0.4 is 10.1 Å². The monoisotopic (exact) mass is 466 g/mol. The number of alkyl halides is 2.